The fourth-order valence-corrected chi connectivity index (χ4v) is 1.86. The summed E-state index contributed by atoms with van der Waals surface area (Å²) in [5.41, 5.74) is 0.885. The highest BCUT2D eigenvalue weighted by atomic mass is 16.5. The van der Waals surface area contributed by atoms with Crippen LogP contribution in [0.15, 0.2) is 18.2 Å². The standard InChI is InChI=1S/C14H23NO2/c1-4-11(5-2)9-15-10-12-7-6-8-13(17-3)14(12)16/h6-8,11,15-16H,4-5,9-10H2,1-3H3. The fourth-order valence-electron chi connectivity index (χ4n) is 1.86. The van der Waals surface area contributed by atoms with Crippen LogP contribution >= 0.6 is 0 Å². The predicted molar refractivity (Wildman–Crippen MR) is 70.4 cm³/mol. The first-order chi connectivity index (χ1) is 8.22. The lowest BCUT2D eigenvalue weighted by Crippen LogP contribution is -2.21. The molecule has 0 amide bonds. The molecule has 0 fully saturated rings. The minimum atomic E-state index is 0.243. The topological polar surface area (TPSA) is 41.5 Å². The van der Waals surface area contributed by atoms with Crippen LogP contribution in [0.2, 0.25) is 0 Å². The first-order valence-electron chi connectivity index (χ1n) is 6.28. The number of aromatic hydroxyl groups is 1. The summed E-state index contributed by atoms with van der Waals surface area (Å²) in [4.78, 5) is 0. The van der Waals surface area contributed by atoms with Gasteiger partial charge in [-0.05, 0) is 18.5 Å². The van der Waals surface area contributed by atoms with Gasteiger partial charge in [0.25, 0.3) is 0 Å². The summed E-state index contributed by atoms with van der Waals surface area (Å²) in [7, 11) is 1.57. The minimum Gasteiger partial charge on any atom is -0.504 e. The van der Waals surface area contributed by atoms with E-state index in [4.69, 9.17) is 4.74 Å². The van der Waals surface area contributed by atoms with Crippen LogP contribution in [0.3, 0.4) is 0 Å². The van der Waals surface area contributed by atoms with Gasteiger partial charge in [-0.3, -0.25) is 0 Å². The maximum Gasteiger partial charge on any atom is 0.162 e. The molecule has 17 heavy (non-hydrogen) atoms. The van der Waals surface area contributed by atoms with Crippen molar-refractivity contribution in [1.82, 2.24) is 5.32 Å². The van der Waals surface area contributed by atoms with Crippen molar-refractivity contribution < 1.29 is 9.84 Å². The third kappa shape index (κ3) is 3.93. The van der Waals surface area contributed by atoms with Crippen molar-refractivity contribution in [3.8, 4) is 11.5 Å². The van der Waals surface area contributed by atoms with Gasteiger partial charge < -0.3 is 15.2 Å². The zero-order valence-electron chi connectivity index (χ0n) is 11.0. The molecule has 0 heterocycles. The van der Waals surface area contributed by atoms with Crippen LogP contribution in [0, 0.1) is 5.92 Å². The van der Waals surface area contributed by atoms with Crippen molar-refractivity contribution in [2.24, 2.45) is 5.92 Å². The Kier molecular flexibility index (Phi) is 5.84. The molecule has 1 aromatic rings. The summed E-state index contributed by atoms with van der Waals surface area (Å²) in [6.07, 6.45) is 2.38. The van der Waals surface area contributed by atoms with Crippen LogP contribution in [0.5, 0.6) is 11.5 Å². The van der Waals surface area contributed by atoms with Crippen LogP contribution in [-0.2, 0) is 6.54 Å². The molecule has 3 heteroatoms. The molecule has 0 aromatic heterocycles. The van der Waals surface area contributed by atoms with E-state index >= 15 is 0 Å². The van der Waals surface area contributed by atoms with E-state index in [1.165, 1.54) is 12.8 Å². The first-order valence-corrected chi connectivity index (χ1v) is 6.28. The van der Waals surface area contributed by atoms with Crippen molar-refractivity contribution in [1.29, 1.82) is 0 Å². The lowest BCUT2D eigenvalue weighted by molar-refractivity contribution is 0.368. The second kappa shape index (κ2) is 7.17. The van der Waals surface area contributed by atoms with E-state index in [0.29, 0.717) is 18.2 Å². The van der Waals surface area contributed by atoms with E-state index in [1.807, 2.05) is 12.1 Å². The van der Waals surface area contributed by atoms with Crippen LogP contribution < -0.4 is 10.1 Å². The second-order valence-corrected chi connectivity index (χ2v) is 4.28. The SMILES string of the molecule is CCC(CC)CNCc1cccc(OC)c1O. The van der Waals surface area contributed by atoms with Crippen molar-refractivity contribution in [3.63, 3.8) is 0 Å². The van der Waals surface area contributed by atoms with E-state index in [-0.39, 0.29) is 5.75 Å². The fraction of sp³-hybridized carbons (Fsp3) is 0.571. The van der Waals surface area contributed by atoms with Gasteiger partial charge in [-0.25, -0.2) is 0 Å². The largest absolute Gasteiger partial charge is 0.504 e. The normalized spacial score (nSPS) is 10.8. The van der Waals surface area contributed by atoms with Crippen LogP contribution in [0.25, 0.3) is 0 Å². The maximum atomic E-state index is 9.90. The molecule has 3 nitrogen and oxygen atoms in total. The number of ether oxygens (including phenoxy) is 1. The predicted octanol–water partition coefficient (Wildman–Crippen LogP) is 2.93. The van der Waals surface area contributed by atoms with Gasteiger partial charge in [-0.1, -0.05) is 38.8 Å². The van der Waals surface area contributed by atoms with Crippen molar-refractivity contribution in [2.75, 3.05) is 13.7 Å². The lowest BCUT2D eigenvalue weighted by Gasteiger charge is -2.14. The van der Waals surface area contributed by atoms with Crippen molar-refractivity contribution in [3.05, 3.63) is 23.8 Å². The van der Waals surface area contributed by atoms with Gasteiger partial charge in [-0.2, -0.15) is 0 Å². The van der Waals surface area contributed by atoms with E-state index < -0.39 is 0 Å². The molecule has 2 N–H and O–H groups in total. The number of benzene rings is 1. The number of hydrogen-bond donors (Lipinski definition) is 2. The number of phenolic OH excluding ortho intramolecular Hbond substituents is 1. The van der Waals surface area contributed by atoms with Crippen molar-refractivity contribution in [2.45, 2.75) is 33.2 Å². The smallest absolute Gasteiger partial charge is 0.162 e. The Labute approximate surface area is 104 Å². The molecule has 0 unspecified atom stereocenters. The quantitative estimate of drug-likeness (QED) is 0.766. The Morgan fingerprint density at radius 2 is 2.00 bits per heavy atom. The molecule has 0 saturated carbocycles. The zero-order chi connectivity index (χ0) is 12.7. The maximum absolute atomic E-state index is 9.90. The lowest BCUT2D eigenvalue weighted by atomic mass is 10.0. The highest BCUT2D eigenvalue weighted by Crippen LogP contribution is 2.29. The summed E-state index contributed by atoms with van der Waals surface area (Å²) >= 11 is 0. The molecular formula is C14H23NO2. The highest BCUT2D eigenvalue weighted by molar-refractivity contribution is 5.45. The van der Waals surface area contributed by atoms with Gasteiger partial charge in [0.05, 0.1) is 7.11 Å². The summed E-state index contributed by atoms with van der Waals surface area (Å²) in [6, 6.07) is 5.57. The molecule has 0 spiro atoms. The van der Waals surface area contributed by atoms with E-state index in [1.54, 1.807) is 13.2 Å². The van der Waals surface area contributed by atoms with Gasteiger partial charge in [0, 0.05) is 12.1 Å². The van der Waals surface area contributed by atoms with E-state index in [0.717, 1.165) is 12.1 Å². The molecule has 0 saturated heterocycles. The molecule has 1 rings (SSSR count). The highest BCUT2D eigenvalue weighted by Gasteiger charge is 2.07. The first kappa shape index (κ1) is 13.8. The van der Waals surface area contributed by atoms with Gasteiger partial charge in [0.2, 0.25) is 0 Å². The number of phenols is 1. The molecule has 0 atom stereocenters. The van der Waals surface area contributed by atoms with Gasteiger partial charge in [-0.15, -0.1) is 0 Å². The third-order valence-electron chi connectivity index (χ3n) is 3.21. The Bertz CT molecular complexity index is 335. The Morgan fingerprint density at radius 3 is 2.59 bits per heavy atom. The number of nitrogens with one attached hydrogen (secondary N) is 1. The number of para-hydroxylation sites is 1. The minimum absolute atomic E-state index is 0.243. The van der Waals surface area contributed by atoms with Crippen molar-refractivity contribution >= 4 is 0 Å². The summed E-state index contributed by atoms with van der Waals surface area (Å²) in [5, 5.41) is 13.3. The Morgan fingerprint density at radius 1 is 1.29 bits per heavy atom. The molecule has 0 bridgehead atoms. The number of rotatable bonds is 7. The summed E-state index contributed by atoms with van der Waals surface area (Å²) < 4.78 is 5.08. The van der Waals surface area contributed by atoms with E-state index in [2.05, 4.69) is 19.2 Å². The number of hydrogen-bond acceptors (Lipinski definition) is 3. The van der Waals surface area contributed by atoms with Gasteiger partial charge in [0.15, 0.2) is 11.5 Å². The van der Waals surface area contributed by atoms with Crippen LogP contribution in [0.4, 0.5) is 0 Å². The molecule has 0 aliphatic carbocycles. The monoisotopic (exact) mass is 237 g/mol. The molecule has 0 radical (unpaired) electrons. The molecule has 96 valence electrons. The zero-order valence-corrected chi connectivity index (χ0v) is 11.0. The molecular weight excluding hydrogens is 214 g/mol. The Hall–Kier alpha value is -1.22. The molecule has 0 aliphatic heterocycles. The third-order valence-corrected chi connectivity index (χ3v) is 3.21. The molecule has 1 aromatic carbocycles. The van der Waals surface area contributed by atoms with Gasteiger partial charge >= 0.3 is 0 Å². The van der Waals surface area contributed by atoms with Crippen LogP contribution in [-0.4, -0.2) is 18.8 Å². The van der Waals surface area contributed by atoms with E-state index in [9.17, 15) is 5.11 Å². The average molecular weight is 237 g/mol. The second-order valence-electron chi connectivity index (χ2n) is 4.28. The molecule has 0 aliphatic rings. The summed E-state index contributed by atoms with van der Waals surface area (Å²) in [6.45, 7) is 6.08. The van der Waals surface area contributed by atoms with Crippen LogP contribution in [0.1, 0.15) is 32.3 Å². The Balaban J connectivity index is 2.52. The van der Waals surface area contributed by atoms with Gasteiger partial charge in [0.1, 0.15) is 0 Å². The summed E-state index contributed by atoms with van der Waals surface area (Å²) in [5.74, 6) is 1.49. The average Bonchev–Trinajstić information content (AvgIpc) is 2.36. The number of methoxy groups -OCH3 is 1.